The van der Waals surface area contributed by atoms with E-state index in [1.807, 2.05) is 0 Å². The number of sulfone groups is 1. The lowest BCUT2D eigenvalue weighted by Gasteiger charge is -2.26. The number of halogens is 4. The zero-order valence-electron chi connectivity index (χ0n) is 13.9. The van der Waals surface area contributed by atoms with Gasteiger partial charge in [-0.3, -0.25) is 4.79 Å². The second-order valence-corrected chi connectivity index (χ2v) is 9.82. The molecule has 0 bridgehead atoms. The third kappa shape index (κ3) is 4.25. The van der Waals surface area contributed by atoms with Crippen LogP contribution in [0.5, 0.6) is 0 Å². The first-order valence-electron chi connectivity index (χ1n) is 7.65. The van der Waals surface area contributed by atoms with Gasteiger partial charge >= 0.3 is 6.18 Å². The fourth-order valence-electron chi connectivity index (χ4n) is 2.98. The third-order valence-corrected chi connectivity index (χ3v) is 7.62. The molecule has 0 spiro atoms. The summed E-state index contributed by atoms with van der Waals surface area (Å²) in [6.45, 7) is -0.304. The zero-order chi connectivity index (χ0) is 20.0. The van der Waals surface area contributed by atoms with Gasteiger partial charge in [0.25, 0.3) is 5.91 Å². The predicted octanol–water partition coefficient (Wildman–Crippen LogP) is 2.61. The van der Waals surface area contributed by atoms with Crippen LogP contribution in [0, 0.1) is 0 Å². The zero-order valence-corrected chi connectivity index (χ0v) is 16.3. The molecule has 1 amide bonds. The summed E-state index contributed by atoms with van der Waals surface area (Å²) in [5.41, 5.74) is -0.966. The molecule has 2 atom stereocenters. The number of amides is 1. The van der Waals surface area contributed by atoms with Crippen molar-refractivity contribution in [3.05, 3.63) is 28.8 Å². The molecule has 0 saturated carbocycles. The van der Waals surface area contributed by atoms with Crippen molar-refractivity contribution in [1.29, 1.82) is 0 Å². The summed E-state index contributed by atoms with van der Waals surface area (Å²) < 4.78 is 68.0. The van der Waals surface area contributed by atoms with Crippen molar-refractivity contribution >= 4 is 50.0 Å². The maximum Gasteiger partial charge on any atom is 0.416 e. The number of hydrogen-bond acceptors (Lipinski definition) is 5. The smallest absolute Gasteiger partial charge is 0.375 e. The highest BCUT2D eigenvalue weighted by atomic mass is 35.5. The fourth-order valence-corrected chi connectivity index (χ4v) is 7.11. The van der Waals surface area contributed by atoms with E-state index in [2.05, 4.69) is 4.99 Å². The molecule has 6 nitrogen and oxygen atoms in total. The Kier molecular flexibility index (Phi) is 5.50. The van der Waals surface area contributed by atoms with Gasteiger partial charge in [0.1, 0.15) is 6.61 Å². The van der Waals surface area contributed by atoms with Gasteiger partial charge in [0.05, 0.1) is 33.8 Å². The maximum absolute atomic E-state index is 13.1. The van der Waals surface area contributed by atoms with Crippen LogP contribution in [0.3, 0.4) is 0 Å². The molecule has 148 valence electrons. The highest BCUT2D eigenvalue weighted by molar-refractivity contribution is 8.16. The van der Waals surface area contributed by atoms with Gasteiger partial charge in [-0.2, -0.15) is 18.2 Å². The molecule has 2 unspecified atom stereocenters. The Balaban J connectivity index is 2.09. The SMILES string of the molecule is COCC(=O)N=C1SC2CS(=O)(=O)CC2N1c1cc(C(F)(F)F)ccc1Cl. The van der Waals surface area contributed by atoms with Gasteiger partial charge in [-0.1, -0.05) is 23.4 Å². The topological polar surface area (TPSA) is 76.0 Å². The standard InChI is InChI=1S/C15H14ClF3N2O4S2/c1-25-5-13(22)20-14-21(11-6-27(23,24)7-12(11)26-14)10-4-8(15(17,18)19)2-3-9(10)16/h2-4,11-12H,5-7H2,1H3. The average molecular weight is 443 g/mol. The number of alkyl halides is 3. The van der Waals surface area contributed by atoms with Crippen molar-refractivity contribution in [1.82, 2.24) is 0 Å². The molecular weight excluding hydrogens is 429 g/mol. The van der Waals surface area contributed by atoms with Crippen molar-refractivity contribution in [2.24, 2.45) is 4.99 Å². The molecule has 3 rings (SSSR count). The molecule has 0 aromatic heterocycles. The van der Waals surface area contributed by atoms with Crippen LogP contribution in [0.1, 0.15) is 5.56 Å². The first-order chi connectivity index (χ1) is 12.5. The van der Waals surface area contributed by atoms with Crippen LogP contribution in [0.25, 0.3) is 0 Å². The number of amidine groups is 1. The van der Waals surface area contributed by atoms with Crippen LogP contribution < -0.4 is 4.90 Å². The quantitative estimate of drug-likeness (QED) is 0.716. The second-order valence-electron chi connectivity index (χ2n) is 6.06. The molecule has 2 saturated heterocycles. The Bertz CT molecular complexity index is 905. The molecule has 2 fully saturated rings. The lowest BCUT2D eigenvalue weighted by atomic mass is 10.1. The van der Waals surface area contributed by atoms with Crippen LogP contribution >= 0.6 is 23.4 Å². The minimum atomic E-state index is -4.60. The van der Waals surface area contributed by atoms with Crippen molar-refractivity contribution in [3.63, 3.8) is 0 Å². The molecule has 0 radical (unpaired) electrons. The van der Waals surface area contributed by atoms with E-state index in [-0.39, 0.29) is 34.0 Å². The van der Waals surface area contributed by atoms with E-state index < -0.39 is 38.8 Å². The summed E-state index contributed by atoms with van der Waals surface area (Å²) in [6.07, 6.45) is -4.60. The van der Waals surface area contributed by atoms with Crippen LogP contribution in [0.2, 0.25) is 5.02 Å². The molecule has 0 N–H and O–H groups in total. The van der Waals surface area contributed by atoms with E-state index in [1.54, 1.807) is 0 Å². The number of benzene rings is 1. The van der Waals surface area contributed by atoms with E-state index in [0.29, 0.717) is 0 Å². The molecular formula is C15H14ClF3N2O4S2. The second kappa shape index (κ2) is 7.26. The Labute approximate surface area is 162 Å². The van der Waals surface area contributed by atoms with Crippen LogP contribution in [-0.2, 0) is 25.5 Å². The number of anilines is 1. The average Bonchev–Trinajstić information content (AvgIpc) is 2.98. The summed E-state index contributed by atoms with van der Waals surface area (Å²) in [5, 5.41) is -0.335. The Morgan fingerprint density at radius 1 is 1.41 bits per heavy atom. The summed E-state index contributed by atoms with van der Waals surface area (Å²) in [5.74, 6) is -1.03. The van der Waals surface area contributed by atoms with Crippen LogP contribution in [-0.4, -0.2) is 56.0 Å². The lowest BCUT2D eigenvalue weighted by Crippen LogP contribution is -2.38. The van der Waals surface area contributed by atoms with Crippen molar-refractivity contribution < 1.29 is 31.1 Å². The number of carbonyl (C=O) groups is 1. The van der Waals surface area contributed by atoms with Crippen LogP contribution in [0.15, 0.2) is 23.2 Å². The molecule has 0 aliphatic carbocycles. The minimum Gasteiger partial charge on any atom is -0.375 e. The normalized spacial score (nSPS) is 25.8. The van der Waals surface area contributed by atoms with Gasteiger partial charge in [0.2, 0.25) is 0 Å². The molecule has 2 aliphatic rings. The fraction of sp³-hybridized carbons (Fsp3) is 0.467. The number of ether oxygens (including phenoxy) is 1. The van der Waals surface area contributed by atoms with E-state index in [1.165, 1.54) is 12.0 Å². The number of methoxy groups -OCH3 is 1. The van der Waals surface area contributed by atoms with Gasteiger partial charge in [-0.15, -0.1) is 0 Å². The monoisotopic (exact) mass is 442 g/mol. The highest BCUT2D eigenvalue weighted by Crippen LogP contribution is 2.44. The highest BCUT2D eigenvalue weighted by Gasteiger charge is 2.50. The third-order valence-electron chi connectivity index (χ3n) is 4.09. The molecule has 2 aliphatic heterocycles. The minimum absolute atomic E-state index is 0.000406. The van der Waals surface area contributed by atoms with E-state index >= 15 is 0 Å². The first kappa shape index (κ1) is 20.4. The number of fused-ring (bicyclic) bond motifs is 1. The number of aliphatic imine (C=N–C) groups is 1. The summed E-state index contributed by atoms with van der Waals surface area (Å²) >= 11 is 7.16. The molecule has 1 aromatic carbocycles. The summed E-state index contributed by atoms with van der Waals surface area (Å²) in [6, 6.07) is 2.11. The van der Waals surface area contributed by atoms with E-state index in [0.717, 1.165) is 30.0 Å². The number of thioether (sulfide) groups is 1. The Morgan fingerprint density at radius 2 is 2.11 bits per heavy atom. The van der Waals surface area contributed by atoms with Gasteiger partial charge in [-0.25, -0.2) is 8.42 Å². The predicted molar refractivity (Wildman–Crippen MR) is 97.1 cm³/mol. The lowest BCUT2D eigenvalue weighted by molar-refractivity contribution is -0.137. The number of hydrogen-bond donors (Lipinski definition) is 0. The molecule has 27 heavy (non-hydrogen) atoms. The number of nitrogens with zero attached hydrogens (tertiary/aromatic N) is 2. The summed E-state index contributed by atoms with van der Waals surface area (Å²) in [7, 11) is -2.04. The van der Waals surface area contributed by atoms with E-state index in [9.17, 15) is 26.4 Å². The van der Waals surface area contributed by atoms with Gasteiger partial charge in [-0.05, 0) is 18.2 Å². The summed E-state index contributed by atoms with van der Waals surface area (Å²) in [4.78, 5) is 17.1. The largest absolute Gasteiger partial charge is 0.416 e. The van der Waals surface area contributed by atoms with Crippen LogP contribution in [0.4, 0.5) is 18.9 Å². The van der Waals surface area contributed by atoms with Gasteiger partial charge < -0.3 is 9.64 Å². The van der Waals surface area contributed by atoms with Crippen molar-refractivity contribution in [2.45, 2.75) is 17.5 Å². The molecule has 12 heteroatoms. The Hall–Kier alpha value is -1.30. The number of carbonyl (C=O) groups excluding carboxylic acids is 1. The number of rotatable bonds is 3. The Morgan fingerprint density at radius 3 is 2.74 bits per heavy atom. The maximum atomic E-state index is 13.1. The molecule has 2 heterocycles. The van der Waals surface area contributed by atoms with Crippen molar-refractivity contribution in [2.75, 3.05) is 30.1 Å². The van der Waals surface area contributed by atoms with E-state index in [4.69, 9.17) is 16.3 Å². The van der Waals surface area contributed by atoms with Gasteiger partial charge in [0, 0.05) is 12.4 Å². The van der Waals surface area contributed by atoms with Crippen molar-refractivity contribution in [3.8, 4) is 0 Å². The van der Waals surface area contributed by atoms with Gasteiger partial charge in [0.15, 0.2) is 15.0 Å². The molecule has 1 aromatic rings. The first-order valence-corrected chi connectivity index (χ1v) is 10.7.